The average molecular weight is 308 g/mol. The average Bonchev–Trinajstić information content (AvgIpc) is 2.99. The molecule has 2 aliphatic rings. The summed E-state index contributed by atoms with van der Waals surface area (Å²) in [7, 11) is 2.84. The largest absolute Gasteiger partial charge is 0.503 e. The van der Waals surface area contributed by atoms with E-state index in [2.05, 4.69) is 0 Å². The number of ether oxygens (including phenoxy) is 2. The molecule has 0 atom stereocenters. The molecule has 1 aliphatic carbocycles. The molecule has 4 nitrogen and oxygen atoms in total. The molecule has 4 heteroatoms. The Kier molecular flexibility index (Phi) is 4.15. The molecule has 0 unspecified atom stereocenters. The minimum atomic E-state index is -0.476. The molecule has 0 saturated heterocycles. The van der Waals surface area contributed by atoms with Gasteiger partial charge in [0.15, 0.2) is 0 Å². The van der Waals surface area contributed by atoms with Crippen LogP contribution < -0.4 is 0 Å². The lowest BCUT2D eigenvalue weighted by atomic mass is 9.99. The Labute approximate surface area is 134 Å². The van der Waals surface area contributed by atoms with Crippen molar-refractivity contribution in [3.63, 3.8) is 0 Å². The highest BCUT2D eigenvalue weighted by atomic mass is 16.5. The van der Waals surface area contributed by atoms with Crippen LogP contribution in [0.15, 0.2) is 65.5 Å². The minimum absolute atomic E-state index is 0.318. The van der Waals surface area contributed by atoms with Gasteiger partial charge in [-0.05, 0) is 29.3 Å². The molecule has 0 saturated carbocycles. The number of benzene rings is 1. The summed E-state index contributed by atoms with van der Waals surface area (Å²) in [4.78, 5) is 12.2. The van der Waals surface area contributed by atoms with E-state index in [4.69, 9.17) is 13.9 Å². The molecule has 0 N–H and O–H groups in total. The second-order valence-electron chi connectivity index (χ2n) is 4.96. The molecule has 1 aliphatic heterocycles. The first-order valence-corrected chi connectivity index (χ1v) is 7.13. The SMILES string of the molecule is COC=C(C(=O)OC)c1c(-c2ccccc2)cc2cccoc1-2. The van der Waals surface area contributed by atoms with Gasteiger partial charge in [0.05, 0.1) is 26.7 Å². The van der Waals surface area contributed by atoms with Crippen LogP contribution >= 0.6 is 0 Å². The van der Waals surface area contributed by atoms with Crippen molar-refractivity contribution >= 4 is 11.5 Å². The topological polar surface area (TPSA) is 48.7 Å². The van der Waals surface area contributed by atoms with Gasteiger partial charge in [-0.2, -0.15) is 0 Å². The standard InChI is InChI=1S/C19H16O4/c1-21-12-16(19(20)22-2)17-15(13-7-4-3-5-8-13)11-14-9-6-10-23-18(14)17/h3-12H,1-2H3. The summed E-state index contributed by atoms with van der Waals surface area (Å²) in [5, 5.41) is 0. The lowest BCUT2D eigenvalue weighted by molar-refractivity contribution is -0.133. The van der Waals surface area contributed by atoms with Crippen molar-refractivity contribution in [3.8, 4) is 22.5 Å². The second-order valence-corrected chi connectivity index (χ2v) is 4.96. The van der Waals surface area contributed by atoms with Gasteiger partial charge in [0.2, 0.25) is 0 Å². The van der Waals surface area contributed by atoms with E-state index in [0.29, 0.717) is 16.9 Å². The normalized spacial score (nSPS) is 11.5. The monoisotopic (exact) mass is 308 g/mol. The first-order valence-electron chi connectivity index (χ1n) is 7.13. The van der Waals surface area contributed by atoms with Crippen LogP contribution in [0.5, 0.6) is 0 Å². The third-order valence-electron chi connectivity index (χ3n) is 3.59. The van der Waals surface area contributed by atoms with Gasteiger partial charge in [0.1, 0.15) is 11.3 Å². The molecule has 0 bridgehead atoms. The number of hydrogen-bond donors (Lipinski definition) is 0. The van der Waals surface area contributed by atoms with E-state index in [1.165, 1.54) is 20.5 Å². The fourth-order valence-electron chi connectivity index (χ4n) is 2.61. The van der Waals surface area contributed by atoms with Crippen LogP contribution in [0.4, 0.5) is 0 Å². The Balaban J connectivity index is 2.30. The number of carbonyl (C=O) groups is 1. The van der Waals surface area contributed by atoms with Gasteiger partial charge in [0, 0.05) is 11.1 Å². The summed E-state index contributed by atoms with van der Waals surface area (Å²) in [5.74, 6) is 0.149. The van der Waals surface area contributed by atoms with Crippen molar-refractivity contribution in [1.29, 1.82) is 0 Å². The van der Waals surface area contributed by atoms with E-state index >= 15 is 0 Å². The van der Waals surface area contributed by atoms with Gasteiger partial charge < -0.3 is 13.9 Å². The first-order chi connectivity index (χ1) is 11.3. The molecule has 3 rings (SSSR count). The minimum Gasteiger partial charge on any atom is -0.503 e. The summed E-state index contributed by atoms with van der Waals surface area (Å²) in [6.07, 6.45) is 2.97. The predicted octanol–water partition coefficient (Wildman–Crippen LogP) is 4.21. The lowest BCUT2D eigenvalue weighted by Crippen LogP contribution is -2.05. The summed E-state index contributed by atoms with van der Waals surface area (Å²) >= 11 is 0. The number of esters is 1. The molecule has 0 fully saturated rings. The molecule has 0 spiro atoms. The Hall–Kier alpha value is -3.01. The summed E-state index contributed by atoms with van der Waals surface area (Å²) in [5.41, 5.74) is 3.77. The van der Waals surface area contributed by atoms with Crippen LogP contribution in [0.25, 0.3) is 28.0 Å². The highest BCUT2D eigenvalue weighted by Crippen LogP contribution is 2.42. The number of fused-ring (bicyclic) bond motifs is 1. The van der Waals surface area contributed by atoms with Crippen LogP contribution in [0.3, 0.4) is 0 Å². The zero-order valence-electron chi connectivity index (χ0n) is 12.9. The maximum absolute atomic E-state index is 12.2. The van der Waals surface area contributed by atoms with Gasteiger partial charge in [-0.25, -0.2) is 4.79 Å². The molecule has 0 amide bonds. The number of hydrogen-bond acceptors (Lipinski definition) is 4. The van der Waals surface area contributed by atoms with Crippen molar-refractivity contribution in [3.05, 3.63) is 66.6 Å². The Morgan fingerprint density at radius 2 is 1.78 bits per heavy atom. The van der Waals surface area contributed by atoms with E-state index in [9.17, 15) is 4.79 Å². The number of rotatable bonds is 4. The number of carbonyl (C=O) groups excluding carboxylic acids is 1. The van der Waals surface area contributed by atoms with Crippen LogP contribution in [-0.2, 0) is 14.3 Å². The third kappa shape index (κ3) is 2.71. The predicted molar refractivity (Wildman–Crippen MR) is 87.8 cm³/mol. The first kappa shape index (κ1) is 14.9. The van der Waals surface area contributed by atoms with Gasteiger partial charge in [0.25, 0.3) is 0 Å². The van der Waals surface area contributed by atoms with Gasteiger partial charge in [-0.15, -0.1) is 0 Å². The van der Waals surface area contributed by atoms with Crippen LogP contribution in [0.1, 0.15) is 5.56 Å². The fraction of sp³-hybridized carbons (Fsp3) is 0.105. The van der Waals surface area contributed by atoms with Gasteiger partial charge in [-0.3, -0.25) is 0 Å². The molecule has 1 aromatic rings. The van der Waals surface area contributed by atoms with Crippen molar-refractivity contribution in [2.75, 3.05) is 14.2 Å². The van der Waals surface area contributed by atoms with E-state index in [-0.39, 0.29) is 0 Å². The molecular weight excluding hydrogens is 292 g/mol. The zero-order chi connectivity index (χ0) is 16.2. The highest BCUT2D eigenvalue weighted by Gasteiger charge is 2.26. The Morgan fingerprint density at radius 1 is 1.04 bits per heavy atom. The van der Waals surface area contributed by atoms with E-state index in [0.717, 1.165) is 16.7 Å². The Bertz CT molecular complexity index is 815. The van der Waals surface area contributed by atoms with E-state index in [1.54, 1.807) is 6.26 Å². The molecule has 23 heavy (non-hydrogen) atoms. The molecular formula is C19H16O4. The van der Waals surface area contributed by atoms with Crippen molar-refractivity contribution in [2.45, 2.75) is 0 Å². The third-order valence-corrected chi connectivity index (χ3v) is 3.59. The molecule has 1 heterocycles. The Morgan fingerprint density at radius 3 is 2.48 bits per heavy atom. The number of methoxy groups -OCH3 is 2. The second kappa shape index (κ2) is 6.40. The van der Waals surface area contributed by atoms with Crippen LogP contribution in [0.2, 0.25) is 0 Å². The zero-order valence-corrected chi connectivity index (χ0v) is 12.9. The summed E-state index contributed by atoms with van der Waals surface area (Å²) in [6.45, 7) is 0. The van der Waals surface area contributed by atoms with Crippen molar-refractivity contribution in [1.82, 2.24) is 0 Å². The fourth-order valence-corrected chi connectivity index (χ4v) is 2.61. The molecule has 1 aromatic carbocycles. The van der Waals surface area contributed by atoms with Crippen LogP contribution in [-0.4, -0.2) is 20.2 Å². The maximum atomic E-state index is 12.2. The van der Waals surface area contributed by atoms with Gasteiger partial charge in [-0.1, -0.05) is 30.3 Å². The van der Waals surface area contributed by atoms with E-state index < -0.39 is 5.97 Å². The van der Waals surface area contributed by atoms with Crippen molar-refractivity contribution in [2.24, 2.45) is 0 Å². The smallest absolute Gasteiger partial charge is 0.341 e. The molecule has 116 valence electrons. The van der Waals surface area contributed by atoms with Crippen LogP contribution in [0, 0.1) is 0 Å². The highest BCUT2D eigenvalue weighted by molar-refractivity contribution is 6.20. The summed E-state index contributed by atoms with van der Waals surface area (Å²) < 4.78 is 15.6. The molecule has 0 aromatic heterocycles. The van der Waals surface area contributed by atoms with E-state index in [1.807, 2.05) is 48.5 Å². The molecule has 0 radical (unpaired) electrons. The quantitative estimate of drug-likeness (QED) is 0.411. The lowest BCUT2D eigenvalue weighted by Gasteiger charge is -2.09. The maximum Gasteiger partial charge on any atom is 0.341 e. The van der Waals surface area contributed by atoms with Gasteiger partial charge >= 0.3 is 5.97 Å². The summed E-state index contributed by atoms with van der Waals surface area (Å²) in [6, 6.07) is 15.6. The van der Waals surface area contributed by atoms with Crippen molar-refractivity contribution < 1.29 is 18.7 Å².